The normalized spacial score (nSPS) is 18.1. The van der Waals surface area contributed by atoms with Crippen LogP contribution in [-0.4, -0.2) is 49.9 Å². The number of rotatable bonds is 4. The van der Waals surface area contributed by atoms with Gasteiger partial charge in [0.1, 0.15) is 0 Å². The topological polar surface area (TPSA) is 87.8 Å². The van der Waals surface area contributed by atoms with E-state index in [2.05, 4.69) is 10.1 Å². The highest BCUT2D eigenvalue weighted by atomic mass is 32.2. The molecule has 0 bridgehead atoms. The number of hydrogen-bond acceptors (Lipinski definition) is 5. The van der Waals surface area contributed by atoms with Gasteiger partial charge in [0.2, 0.25) is 0 Å². The van der Waals surface area contributed by atoms with Gasteiger partial charge in [-0.2, -0.15) is 36.4 Å². The Morgan fingerprint density at radius 1 is 1.05 bits per heavy atom. The van der Waals surface area contributed by atoms with Gasteiger partial charge in [0.05, 0.1) is 40.2 Å². The number of likely N-dealkylation sites (tertiary alicyclic amines) is 1. The van der Waals surface area contributed by atoms with Gasteiger partial charge in [-0.25, -0.2) is 0 Å². The number of carbonyl (C=O) groups excluding carboxylic acids is 1. The molecule has 1 N–H and O–H groups in total. The van der Waals surface area contributed by atoms with Crippen molar-refractivity contribution in [1.29, 1.82) is 0 Å². The number of nitrogens with zero attached hydrogens (tertiary/aromatic N) is 4. The number of amides is 1. The van der Waals surface area contributed by atoms with E-state index in [9.17, 15) is 35.9 Å². The van der Waals surface area contributed by atoms with Crippen LogP contribution in [0.1, 0.15) is 35.1 Å². The second-order valence-electron chi connectivity index (χ2n) is 9.40. The van der Waals surface area contributed by atoms with Crippen molar-refractivity contribution in [3.8, 4) is 0 Å². The first-order chi connectivity index (χ1) is 18.8. The van der Waals surface area contributed by atoms with Gasteiger partial charge in [-0.05, 0) is 66.1 Å². The highest BCUT2D eigenvalue weighted by molar-refractivity contribution is 8.18. The fourth-order valence-corrected chi connectivity index (χ4v) is 5.60. The van der Waals surface area contributed by atoms with Crippen molar-refractivity contribution in [3.05, 3.63) is 69.8 Å². The number of thioether (sulfide) groups is 1. The summed E-state index contributed by atoms with van der Waals surface area (Å²) in [5.41, 5.74) is -2.05. The first-order valence-corrected chi connectivity index (χ1v) is 12.8. The molecule has 2 aromatic carbocycles. The fraction of sp³-hybridized carbons (Fsp3) is 0.308. The summed E-state index contributed by atoms with van der Waals surface area (Å²) in [5.74, 6) is -1.68. The van der Waals surface area contributed by atoms with Crippen LogP contribution in [0.3, 0.4) is 0 Å². The Morgan fingerprint density at radius 3 is 2.42 bits per heavy atom. The number of aliphatic imine (C=N–C) groups is 1. The van der Waals surface area contributed by atoms with E-state index in [4.69, 9.17) is 5.11 Å². The molecular formula is C26H20F6N4O3S. The lowest BCUT2D eigenvalue weighted by molar-refractivity contribution is -0.144. The number of fused-ring (bicyclic) bond motifs is 1. The van der Waals surface area contributed by atoms with Crippen LogP contribution in [0.2, 0.25) is 0 Å². The summed E-state index contributed by atoms with van der Waals surface area (Å²) in [6.07, 6.45) is -5.94. The monoisotopic (exact) mass is 582 g/mol. The average Bonchev–Trinajstić information content (AvgIpc) is 3.45. The summed E-state index contributed by atoms with van der Waals surface area (Å²) in [5, 5.41) is 14.4. The number of amidine groups is 1. The third kappa shape index (κ3) is 5.71. The number of benzene rings is 2. The van der Waals surface area contributed by atoms with Gasteiger partial charge in [-0.1, -0.05) is 12.1 Å². The van der Waals surface area contributed by atoms with E-state index in [-0.39, 0.29) is 11.6 Å². The Morgan fingerprint density at radius 2 is 1.77 bits per heavy atom. The minimum Gasteiger partial charge on any atom is -0.481 e. The molecule has 0 spiro atoms. The average molecular weight is 583 g/mol. The number of piperidine rings is 1. The van der Waals surface area contributed by atoms with Crippen molar-refractivity contribution in [1.82, 2.24) is 14.7 Å². The maximum Gasteiger partial charge on any atom is 0.416 e. The number of halogens is 6. The first kappa shape index (κ1) is 27.7. The van der Waals surface area contributed by atoms with E-state index in [1.165, 1.54) is 22.6 Å². The second-order valence-corrected chi connectivity index (χ2v) is 10.4. The van der Waals surface area contributed by atoms with Crippen molar-refractivity contribution in [3.63, 3.8) is 0 Å². The molecule has 0 aliphatic carbocycles. The first-order valence-electron chi connectivity index (χ1n) is 12.0. The standard InChI is InChI=1S/C26H20F6N4O3S/c27-25(28,29)18-3-2-16(19(11-18)26(30,31)32)13-36-20-4-1-14(9-17(20)12-33-36)10-21-22(37)34-24(40-21)35-7-5-15(6-8-35)23(38)39/h1-4,9-12,15H,5-8,13H2,(H,38,39)/b21-10-. The molecular weight excluding hydrogens is 562 g/mol. The molecule has 0 atom stereocenters. The van der Waals surface area contributed by atoms with Gasteiger partial charge in [0.25, 0.3) is 5.91 Å². The van der Waals surface area contributed by atoms with Gasteiger partial charge in [-0.15, -0.1) is 0 Å². The number of carbonyl (C=O) groups is 2. The van der Waals surface area contributed by atoms with E-state index in [0.29, 0.717) is 58.5 Å². The molecule has 1 fully saturated rings. The van der Waals surface area contributed by atoms with E-state index in [1.807, 2.05) is 4.90 Å². The van der Waals surface area contributed by atoms with Crippen molar-refractivity contribution in [2.24, 2.45) is 10.9 Å². The molecule has 7 nitrogen and oxygen atoms in total. The Bertz CT molecular complexity index is 1550. The van der Waals surface area contributed by atoms with Gasteiger partial charge in [-0.3, -0.25) is 14.3 Å². The van der Waals surface area contributed by atoms with Gasteiger partial charge < -0.3 is 10.0 Å². The smallest absolute Gasteiger partial charge is 0.416 e. The predicted molar refractivity (Wildman–Crippen MR) is 135 cm³/mol. The zero-order valence-electron chi connectivity index (χ0n) is 20.5. The highest BCUT2D eigenvalue weighted by Gasteiger charge is 2.38. The summed E-state index contributed by atoms with van der Waals surface area (Å²) in [6, 6.07) is 6.47. The Hall–Kier alpha value is -3.81. The number of carboxylic acids is 1. The summed E-state index contributed by atoms with van der Waals surface area (Å²) in [4.78, 5) is 30.0. The second kappa shape index (κ2) is 10.3. The van der Waals surface area contributed by atoms with Gasteiger partial charge in [0.15, 0.2) is 5.17 Å². The third-order valence-corrected chi connectivity index (χ3v) is 7.79. The van der Waals surface area contributed by atoms with Crippen LogP contribution in [-0.2, 0) is 28.5 Å². The van der Waals surface area contributed by atoms with E-state index < -0.39 is 47.8 Å². The van der Waals surface area contributed by atoms with Gasteiger partial charge in [0, 0.05) is 18.5 Å². The van der Waals surface area contributed by atoms with Crippen LogP contribution < -0.4 is 0 Å². The lowest BCUT2D eigenvalue weighted by Gasteiger charge is -2.30. The fourth-order valence-electron chi connectivity index (χ4n) is 4.64. The number of hydrogen-bond donors (Lipinski definition) is 1. The van der Waals surface area contributed by atoms with Crippen LogP contribution in [0.25, 0.3) is 17.0 Å². The van der Waals surface area contributed by atoms with E-state index >= 15 is 0 Å². The molecule has 0 radical (unpaired) electrons. The quantitative estimate of drug-likeness (QED) is 0.305. The molecule has 1 amide bonds. The summed E-state index contributed by atoms with van der Waals surface area (Å²) in [7, 11) is 0. The van der Waals surface area contributed by atoms with Crippen molar-refractivity contribution in [2.45, 2.75) is 31.7 Å². The molecule has 2 aliphatic heterocycles. The van der Waals surface area contributed by atoms with E-state index in [1.54, 1.807) is 24.3 Å². The largest absolute Gasteiger partial charge is 0.481 e. The third-order valence-electron chi connectivity index (χ3n) is 6.75. The molecule has 0 saturated carbocycles. The molecule has 1 aromatic heterocycles. The van der Waals surface area contributed by atoms with E-state index in [0.717, 1.165) is 6.07 Å². The highest BCUT2D eigenvalue weighted by Crippen LogP contribution is 2.38. The number of aromatic nitrogens is 2. The zero-order valence-corrected chi connectivity index (χ0v) is 21.3. The lowest BCUT2D eigenvalue weighted by Crippen LogP contribution is -2.38. The maximum absolute atomic E-state index is 13.6. The van der Waals surface area contributed by atoms with Crippen LogP contribution in [0.15, 0.2) is 52.5 Å². The molecule has 210 valence electrons. The molecule has 2 aliphatic rings. The van der Waals surface area contributed by atoms with Crippen molar-refractivity contribution >= 4 is 45.8 Å². The number of alkyl halides is 6. The summed E-state index contributed by atoms with van der Waals surface area (Å²) in [6.45, 7) is 0.550. The van der Waals surface area contributed by atoms with Crippen LogP contribution >= 0.6 is 11.8 Å². The molecule has 3 aromatic rings. The van der Waals surface area contributed by atoms with Gasteiger partial charge >= 0.3 is 18.3 Å². The maximum atomic E-state index is 13.6. The minimum absolute atomic E-state index is 0.103. The molecule has 1 saturated heterocycles. The molecule has 14 heteroatoms. The minimum atomic E-state index is -4.99. The molecule has 40 heavy (non-hydrogen) atoms. The van der Waals surface area contributed by atoms with Crippen LogP contribution in [0.4, 0.5) is 26.3 Å². The lowest BCUT2D eigenvalue weighted by atomic mass is 9.98. The zero-order chi connectivity index (χ0) is 28.8. The van der Waals surface area contributed by atoms with Crippen molar-refractivity contribution in [2.75, 3.05) is 13.1 Å². The number of carboxylic acid groups (broad SMARTS) is 1. The summed E-state index contributed by atoms with van der Waals surface area (Å²) < 4.78 is 80.9. The summed E-state index contributed by atoms with van der Waals surface area (Å²) >= 11 is 1.18. The predicted octanol–water partition coefficient (Wildman–Crippen LogP) is 5.89. The van der Waals surface area contributed by atoms with Crippen molar-refractivity contribution < 1.29 is 41.0 Å². The molecule has 5 rings (SSSR count). The Kier molecular flexibility index (Phi) is 7.15. The van der Waals surface area contributed by atoms with Crippen LogP contribution in [0.5, 0.6) is 0 Å². The SMILES string of the molecule is O=C1N=C(N2CCC(C(=O)O)CC2)S/C1=C\c1ccc2c(cnn2Cc2ccc(C(F)(F)F)cc2C(F)(F)F)c1. The molecule has 3 heterocycles. The Balaban J connectivity index is 1.34. The Labute approximate surface area is 227 Å². The van der Waals surface area contributed by atoms with Crippen LogP contribution in [0, 0.1) is 5.92 Å². The number of aliphatic carboxylic acids is 1. The molecule has 0 unspecified atom stereocenters.